The van der Waals surface area contributed by atoms with Crippen molar-refractivity contribution in [1.82, 2.24) is 5.43 Å². The lowest BCUT2D eigenvalue weighted by atomic mass is 9.95. The van der Waals surface area contributed by atoms with Crippen molar-refractivity contribution in [3.63, 3.8) is 0 Å². The summed E-state index contributed by atoms with van der Waals surface area (Å²) in [6.07, 6.45) is 8.50. The van der Waals surface area contributed by atoms with Crippen LogP contribution in [0.15, 0.2) is 41.5 Å². The Balaban J connectivity index is 1.60. The second kappa shape index (κ2) is 5.47. The Morgan fingerprint density at radius 3 is 2.90 bits per heavy atom. The minimum Gasteiger partial charge on any atom is -0.267 e. The van der Waals surface area contributed by atoms with E-state index in [1.165, 1.54) is 30.7 Å². The van der Waals surface area contributed by atoms with Crippen molar-refractivity contribution >= 4 is 17.8 Å². The molecule has 6 nitrogen and oxygen atoms in total. The molecule has 21 heavy (non-hydrogen) atoms. The van der Waals surface area contributed by atoms with Crippen LogP contribution < -0.4 is 5.43 Å². The Morgan fingerprint density at radius 2 is 2.24 bits per heavy atom. The van der Waals surface area contributed by atoms with Crippen LogP contribution in [0.2, 0.25) is 0 Å². The van der Waals surface area contributed by atoms with Crippen LogP contribution in [0, 0.1) is 27.9 Å². The van der Waals surface area contributed by atoms with Gasteiger partial charge in [0.2, 0.25) is 0 Å². The van der Waals surface area contributed by atoms with Gasteiger partial charge in [-0.25, -0.2) is 5.43 Å². The Kier molecular flexibility index (Phi) is 3.51. The lowest BCUT2D eigenvalue weighted by Crippen LogP contribution is -2.19. The number of hydrogen-bond donors (Lipinski definition) is 1. The minimum absolute atomic E-state index is 0.107. The van der Waals surface area contributed by atoms with Crippen LogP contribution in [0.25, 0.3) is 0 Å². The van der Waals surface area contributed by atoms with E-state index in [9.17, 15) is 14.9 Å². The zero-order valence-electron chi connectivity index (χ0n) is 11.3. The zero-order chi connectivity index (χ0) is 14.8. The molecule has 108 valence electrons. The van der Waals surface area contributed by atoms with Crippen molar-refractivity contribution in [1.29, 1.82) is 0 Å². The van der Waals surface area contributed by atoms with E-state index in [2.05, 4.69) is 22.7 Å². The summed E-state index contributed by atoms with van der Waals surface area (Å²) in [7, 11) is 0. The van der Waals surface area contributed by atoms with E-state index in [-0.39, 0.29) is 11.3 Å². The maximum atomic E-state index is 11.9. The van der Waals surface area contributed by atoms with Crippen molar-refractivity contribution in [2.45, 2.75) is 12.8 Å². The van der Waals surface area contributed by atoms with Gasteiger partial charge >= 0.3 is 0 Å². The van der Waals surface area contributed by atoms with E-state index in [1.807, 2.05) is 0 Å². The highest BCUT2D eigenvalue weighted by Gasteiger charge is 2.34. The van der Waals surface area contributed by atoms with Crippen LogP contribution in [0.5, 0.6) is 0 Å². The summed E-state index contributed by atoms with van der Waals surface area (Å²) in [6, 6.07) is 5.60. The van der Waals surface area contributed by atoms with Crippen LogP contribution in [0.1, 0.15) is 23.2 Å². The Morgan fingerprint density at radius 1 is 1.38 bits per heavy atom. The predicted octanol–water partition coefficient (Wildman–Crippen LogP) is 2.52. The molecule has 1 amide bonds. The topological polar surface area (TPSA) is 84.6 Å². The zero-order valence-corrected chi connectivity index (χ0v) is 11.3. The van der Waals surface area contributed by atoms with Crippen molar-refractivity contribution in [3.8, 4) is 0 Å². The van der Waals surface area contributed by atoms with Gasteiger partial charge in [-0.2, -0.15) is 5.10 Å². The molecule has 0 aromatic heterocycles. The predicted molar refractivity (Wildman–Crippen MR) is 77.9 cm³/mol. The lowest BCUT2D eigenvalue weighted by Gasteiger charge is -2.11. The molecule has 2 aliphatic rings. The van der Waals surface area contributed by atoms with Crippen LogP contribution >= 0.6 is 0 Å². The number of carbonyl (C=O) groups excluding carboxylic acids is 1. The van der Waals surface area contributed by atoms with Crippen molar-refractivity contribution < 1.29 is 9.72 Å². The molecule has 2 aliphatic carbocycles. The lowest BCUT2D eigenvalue weighted by molar-refractivity contribution is -0.384. The second-order valence-corrected chi connectivity index (χ2v) is 5.47. The van der Waals surface area contributed by atoms with E-state index in [0.717, 1.165) is 6.42 Å². The first kappa shape index (κ1) is 13.5. The molecule has 0 heterocycles. The maximum absolute atomic E-state index is 11.9. The molecular weight excluding hydrogens is 270 g/mol. The third-order valence-electron chi connectivity index (χ3n) is 4.08. The first-order valence-corrected chi connectivity index (χ1v) is 6.90. The number of hydrazone groups is 1. The van der Waals surface area contributed by atoms with Gasteiger partial charge in [0, 0.05) is 29.8 Å². The molecule has 0 saturated heterocycles. The molecule has 2 bridgehead atoms. The number of fused-ring (bicyclic) bond motifs is 2. The van der Waals surface area contributed by atoms with E-state index < -0.39 is 10.8 Å². The smallest absolute Gasteiger partial charge is 0.267 e. The van der Waals surface area contributed by atoms with Crippen molar-refractivity contribution in [3.05, 3.63) is 52.1 Å². The monoisotopic (exact) mass is 285 g/mol. The average molecular weight is 285 g/mol. The van der Waals surface area contributed by atoms with Gasteiger partial charge in [-0.05, 0) is 30.7 Å². The fourth-order valence-electron chi connectivity index (χ4n) is 3.01. The highest BCUT2D eigenvalue weighted by Crippen LogP contribution is 2.42. The number of rotatable bonds is 4. The molecule has 1 aromatic rings. The van der Waals surface area contributed by atoms with Crippen LogP contribution in [0.4, 0.5) is 5.69 Å². The first-order valence-electron chi connectivity index (χ1n) is 6.90. The van der Waals surface area contributed by atoms with Gasteiger partial charge in [0.15, 0.2) is 0 Å². The third kappa shape index (κ3) is 2.84. The van der Waals surface area contributed by atoms with Gasteiger partial charge in [-0.15, -0.1) is 0 Å². The number of benzene rings is 1. The number of allylic oxidation sites excluding steroid dienone is 2. The summed E-state index contributed by atoms with van der Waals surface area (Å²) in [5.74, 6) is 1.13. The summed E-state index contributed by atoms with van der Waals surface area (Å²) in [6.45, 7) is 0. The quantitative estimate of drug-likeness (QED) is 0.399. The fourth-order valence-corrected chi connectivity index (χ4v) is 3.01. The molecule has 1 aromatic carbocycles. The molecule has 1 N–H and O–H groups in total. The fraction of sp³-hybridized carbons (Fsp3) is 0.333. The van der Waals surface area contributed by atoms with E-state index in [4.69, 9.17) is 0 Å². The summed E-state index contributed by atoms with van der Waals surface area (Å²) in [4.78, 5) is 22.0. The van der Waals surface area contributed by atoms with E-state index in [0.29, 0.717) is 17.8 Å². The number of nitro benzene ring substituents is 1. The molecule has 0 aliphatic heterocycles. The molecule has 6 heteroatoms. The van der Waals surface area contributed by atoms with Gasteiger partial charge in [-0.3, -0.25) is 14.9 Å². The molecule has 3 unspecified atom stereocenters. The number of non-ortho nitro benzene ring substituents is 1. The number of nitro groups is 1. The van der Waals surface area contributed by atoms with Crippen molar-refractivity contribution in [2.75, 3.05) is 0 Å². The first-order chi connectivity index (χ1) is 10.1. The Bertz CT molecular complexity index is 639. The van der Waals surface area contributed by atoms with E-state index >= 15 is 0 Å². The highest BCUT2D eigenvalue weighted by molar-refractivity contribution is 5.94. The molecule has 3 rings (SSSR count). The second-order valence-electron chi connectivity index (χ2n) is 5.47. The summed E-state index contributed by atoms with van der Waals surface area (Å²) in [5.41, 5.74) is 2.56. The van der Waals surface area contributed by atoms with Crippen LogP contribution in [0.3, 0.4) is 0 Å². The average Bonchev–Trinajstić information content (AvgIpc) is 3.10. The van der Waals surface area contributed by atoms with Gasteiger partial charge in [0.1, 0.15) is 0 Å². The molecule has 0 spiro atoms. The van der Waals surface area contributed by atoms with Gasteiger partial charge in [-0.1, -0.05) is 18.2 Å². The molecule has 3 atom stereocenters. The van der Waals surface area contributed by atoms with Crippen LogP contribution in [-0.2, 0) is 0 Å². The number of amides is 1. The summed E-state index contributed by atoms with van der Waals surface area (Å²) >= 11 is 0. The number of carbonyl (C=O) groups is 1. The largest absolute Gasteiger partial charge is 0.271 e. The number of nitrogens with zero attached hydrogens (tertiary/aromatic N) is 2. The molecular formula is C15H15N3O3. The molecule has 1 fully saturated rings. The highest BCUT2D eigenvalue weighted by atomic mass is 16.6. The molecule has 0 radical (unpaired) electrons. The maximum Gasteiger partial charge on any atom is 0.271 e. The number of nitrogens with one attached hydrogen (secondary N) is 1. The van der Waals surface area contributed by atoms with Gasteiger partial charge in [0.25, 0.3) is 11.6 Å². The number of hydrogen-bond acceptors (Lipinski definition) is 4. The summed E-state index contributed by atoms with van der Waals surface area (Å²) < 4.78 is 0. The normalized spacial score (nSPS) is 26.4. The standard InChI is InChI=1S/C15H15N3O3/c19-15(12-2-1-3-14(8-12)18(20)21)17-16-9-13-7-10-4-5-11(13)6-10/h1-5,8-11,13H,6-7H2,(H,17,19)/b16-9+. The molecule has 1 saturated carbocycles. The Labute approximate surface area is 121 Å². The third-order valence-corrected chi connectivity index (χ3v) is 4.08. The Hall–Kier alpha value is -2.50. The van der Waals surface area contributed by atoms with Crippen LogP contribution in [-0.4, -0.2) is 17.0 Å². The van der Waals surface area contributed by atoms with Gasteiger partial charge < -0.3 is 0 Å². The van der Waals surface area contributed by atoms with Gasteiger partial charge in [0.05, 0.1) is 4.92 Å². The minimum atomic E-state index is -0.526. The van der Waals surface area contributed by atoms with Crippen molar-refractivity contribution in [2.24, 2.45) is 22.9 Å². The summed E-state index contributed by atoms with van der Waals surface area (Å²) in [5, 5.41) is 14.7. The van der Waals surface area contributed by atoms with E-state index in [1.54, 1.807) is 6.21 Å². The SMILES string of the molecule is O=C(N/N=C/C1CC2C=CC1C2)c1cccc([N+](=O)[O-])c1.